The monoisotopic (exact) mass is 377 g/mol. The molecule has 2 rings (SSSR count). The van der Waals surface area contributed by atoms with Gasteiger partial charge < -0.3 is 5.32 Å². The number of aryl methyl sites for hydroxylation is 1. The van der Waals surface area contributed by atoms with Gasteiger partial charge in [-0.15, -0.1) is 0 Å². The number of anilines is 1. The minimum absolute atomic E-state index is 0.0303. The van der Waals surface area contributed by atoms with Gasteiger partial charge in [-0.1, -0.05) is 29.8 Å². The van der Waals surface area contributed by atoms with Gasteiger partial charge in [0.2, 0.25) is 5.91 Å². The summed E-state index contributed by atoms with van der Waals surface area (Å²) >= 11 is 3.39. The Bertz CT molecular complexity index is 674. The molecule has 0 aliphatic rings. The van der Waals surface area contributed by atoms with Crippen LogP contribution in [0.4, 0.5) is 5.69 Å². The number of nitrogens with zero attached hydrogens (tertiary/aromatic N) is 2. The van der Waals surface area contributed by atoms with Crippen molar-refractivity contribution in [1.29, 1.82) is 0 Å². The Hall–Kier alpha value is -1.62. The summed E-state index contributed by atoms with van der Waals surface area (Å²) in [4.78, 5) is 12.1. The maximum absolute atomic E-state index is 12.1. The zero-order valence-corrected chi connectivity index (χ0v) is 15.8. The van der Waals surface area contributed by atoms with Gasteiger partial charge in [-0.05, 0) is 56.0 Å². The molecule has 1 aromatic heterocycles. The Morgan fingerprint density at radius 1 is 1.26 bits per heavy atom. The van der Waals surface area contributed by atoms with E-state index >= 15 is 0 Å². The van der Waals surface area contributed by atoms with Crippen LogP contribution in [0.15, 0.2) is 28.7 Å². The van der Waals surface area contributed by atoms with Crippen molar-refractivity contribution < 1.29 is 4.79 Å². The second-order valence-corrected chi connectivity index (χ2v) is 7.20. The van der Waals surface area contributed by atoms with Crippen molar-refractivity contribution in [2.45, 2.75) is 47.1 Å². The lowest BCUT2D eigenvalue weighted by Crippen LogP contribution is -2.13. The zero-order valence-electron chi connectivity index (χ0n) is 14.2. The summed E-state index contributed by atoms with van der Waals surface area (Å²) in [6.45, 7) is 9.39. The third-order valence-corrected chi connectivity index (χ3v) is 4.33. The Kier molecular flexibility index (Phi) is 5.99. The molecule has 1 amide bonds. The van der Waals surface area contributed by atoms with Gasteiger partial charge in [0.25, 0.3) is 0 Å². The molecular weight excluding hydrogens is 354 g/mol. The summed E-state index contributed by atoms with van der Waals surface area (Å²) in [5.74, 6) is 0.587. The van der Waals surface area contributed by atoms with Crippen LogP contribution in [0.2, 0.25) is 0 Å². The first-order valence-corrected chi connectivity index (χ1v) is 8.74. The molecule has 1 aromatic carbocycles. The molecule has 0 fully saturated rings. The average molecular weight is 378 g/mol. The molecule has 0 radical (unpaired) electrons. The molecule has 0 aliphatic carbocycles. The third kappa shape index (κ3) is 4.93. The SMILES string of the molecule is Cc1nn(CC(C)C)c(C)c1CCC(=O)Nc1ccc(Br)cc1. The van der Waals surface area contributed by atoms with E-state index in [0.717, 1.165) is 28.8 Å². The van der Waals surface area contributed by atoms with Gasteiger partial charge >= 0.3 is 0 Å². The molecule has 23 heavy (non-hydrogen) atoms. The van der Waals surface area contributed by atoms with E-state index in [0.29, 0.717) is 12.3 Å². The van der Waals surface area contributed by atoms with Crippen molar-refractivity contribution in [3.63, 3.8) is 0 Å². The predicted molar refractivity (Wildman–Crippen MR) is 97.6 cm³/mol. The van der Waals surface area contributed by atoms with Crippen molar-refractivity contribution in [2.75, 3.05) is 5.32 Å². The van der Waals surface area contributed by atoms with Crippen LogP contribution in [-0.4, -0.2) is 15.7 Å². The fourth-order valence-corrected chi connectivity index (χ4v) is 2.88. The number of benzene rings is 1. The molecule has 5 heteroatoms. The van der Waals surface area contributed by atoms with Gasteiger partial charge in [0, 0.05) is 28.8 Å². The van der Waals surface area contributed by atoms with Crippen LogP contribution >= 0.6 is 15.9 Å². The standard InChI is InChI=1S/C18H24BrN3O/c1-12(2)11-22-14(4)17(13(3)21-22)9-10-18(23)20-16-7-5-15(19)6-8-16/h5-8,12H,9-11H2,1-4H3,(H,20,23). The number of hydrogen-bond donors (Lipinski definition) is 1. The molecule has 1 heterocycles. The number of carbonyl (C=O) groups is 1. The van der Waals surface area contributed by atoms with Crippen LogP contribution in [0.3, 0.4) is 0 Å². The van der Waals surface area contributed by atoms with Crippen molar-refractivity contribution in [1.82, 2.24) is 9.78 Å². The molecule has 4 nitrogen and oxygen atoms in total. The van der Waals surface area contributed by atoms with Crippen molar-refractivity contribution in [3.05, 3.63) is 45.7 Å². The zero-order chi connectivity index (χ0) is 17.0. The molecule has 0 saturated carbocycles. The molecule has 1 N–H and O–H groups in total. The highest BCUT2D eigenvalue weighted by Gasteiger charge is 2.13. The molecule has 0 spiro atoms. The molecule has 0 unspecified atom stereocenters. The van der Waals surface area contributed by atoms with E-state index in [1.165, 1.54) is 11.3 Å². The number of aromatic nitrogens is 2. The first-order chi connectivity index (χ1) is 10.9. The van der Waals surface area contributed by atoms with Crippen molar-refractivity contribution >= 4 is 27.5 Å². The smallest absolute Gasteiger partial charge is 0.224 e. The lowest BCUT2D eigenvalue weighted by molar-refractivity contribution is -0.116. The Labute approximate surface area is 146 Å². The van der Waals surface area contributed by atoms with Crippen LogP contribution < -0.4 is 5.32 Å². The molecule has 2 aromatic rings. The largest absolute Gasteiger partial charge is 0.326 e. The van der Waals surface area contributed by atoms with Crippen LogP contribution in [0.5, 0.6) is 0 Å². The van der Waals surface area contributed by atoms with Gasteiger partial charge in [0.05, 0.1) is 5.69 Å². The minimum Gasteiger partial charge on any atom is -0.326 e. The van der Waals surface area contributed by atoms with Gasteiger partial charge in [0.1, 0.15) is 0 Å². The predicted octanol–water partition coefficient (Wildman–Crippen LogP) is 4.49. The van der Waals surface area contributed by atoms with Crippen LogP contribution in [-0.2, 0) is 17.8 Å². The minimum atomic E-state index is 0.0303. The fraction of sp³-hybridized carbons (Fsp3) is 0.444. The molecule has 0 aliphatic heterocycles. The van der Waals surface area contributed by atoms with Crippen molar-refractivity contribution in [2.24, 2.45) is 5.92 Å². The number of halogens is 1. The Balaban J connectivity index is 1.96. The quantitative estimate of drug-likeness (QED) is 0.805. The van der Waals surface area contributed by atoms with E-state index in [2.05, 4.69) is 51.8 Å². The number of nitrogens with one attached hydrogen (secondary N) is 1. The topological polar surface area (TPSA) is 46.9 Å². The summed E-state index contributed by atoms with van der Waals surface area (Å²) in [6, 6.07) is 7.61. The summed E-state index contributed by atoms with van der Waals surface area (Å²) in [5.41, 5.74) is 4.21. The van der Waals surface area contributed by atoms with E-state index in [1.54, 1.807) is 0 Å². The Morgan fingerprint density at radius 2 is 1.91 bits per heavy atom. The van der Waals surface area contributed by atoms with E-state index in [1.807, 2.05) is 31.2 Å². The number of carbonyl (C=O) groups excluding carboxylic acids is 1. The second kappa shape index (κ2) is 7.77. The van der Waals surface area contributed by atoms with E-state index in [-0.39, 0.29) is 5.91 Å². The Morgan fingerprint density at radius 3 is 2.52 bits per heavy atom. The maximum atomic E-state index is 12.1. The number of rotatable bonds is 6. The highest BCUT2D eigenvalue weighted by molar-refractivity contribution is 9.10. The summed E-state index contributed by atoms with van der Waals surface area (Å²) in [5, 5.41) is 7.53. The van der Waals surface area contributed by atoms with Crippen molar-refractivity contribution in [3.8, 4) is 0 Å². The van der Waals surface area contributed by atoms with E-state index < -0.39 is 0 Å². The second-order valence-electron chi connectivity index (χ2n) is 6.28. The molecule has 124 valence electrons. The van der Waals surface area contributed by atoms with Gasteiger partial charge in [0.15, 0.2) is 0 Å². The molecule has 0 atom stereocenters. The lowest BCUT2D eigenvalue weighted by Gasteiger charge is -2.08. The molecular formula is C18H24BrN3O. The van der Waals surface area contributed by atoms with Crippen LogP contribution in [0, 0.1) is 19.8 Å². The molecule has 0 bridgehead atoms. The van der Waals surface area contributed by atoms with E-state index in [4.69, 9.17) is 0 Å². The normalized spacial score (nSPS) is 11.0. The first-order valence-electron chi connectivity index (χ1n) is 7.95. The number of amides is 1. The highest BCUT2D eigenvalue weighted by atomic mass is 79.9. The highest BCUT2D eigenvalue weighted by Crippen LogP contribution is 2.18. The van der Waals surface area contributed by atoms with Crippen LogP contribution in [0.1, 0.15) is 37.2 Å². The average Bonchev–Trinajstić information content (AvgIpc) is 2.73. The van der Waals surface area contributed by atoms with E-state index in [9.17, 15) is 4.79 Å². The van der Waals surface area contributed by atoms with Gasteiger partial charge in [-0.25, -0.2) is 0 Å². The summed E-state index contributed by atoms with van der Waals surface area (Å²) in [6.07, 6.45) is 1.18. The summed E-state index contributed by atoms with van der Waals surface area (Å²) in [7, 11) is 0. The van der Waals surface area contributed by atoms with Crippen LogP contribution in [0.25, 0.3) is 0 Å². The first kappa shape index (κ1) is 17.7. The lowest BCUT2D eigenvalue weighted by atomic mass is 10.1. The number of hydrogen-bond acceptors (Lipinski definition) is 2. The molecule has 0 saturated heterocycles. The summed E-state index contributed by atoms with van der Waals surface area (Å²) < 4.78 is 3.06. The van der Waals surface area contributed by atoms with Gasteiger partial charge in [-0.3, -0.25) is 9.48 Å². The fourth-order valence-electron chi connectivity index (χ4n) is 2.61. The van der Waals surface area contributed by atoms with Gasteiger partial charge in [-0.2, -0.15) is 5.10 Å². The maximum Gasteiger partial charge on any atom is 0.224 e. The third-order valence-electron chi connectivity index (χ3n) is 3.80.